The number of thiazole rings is 1. The molecule has 3 aromatic rings. The van der Waals surface area contributed by atoms with Crippen LogP contribution < -0.4 is 4.90 Å². The first-order valence-electron chi connectivity index (χ1n) is 10.2. The van der Waals surface area contributed by atoms with Gasteiger partial charge in [0.2, 0.25) is 10.0 Å². The second kappa shape index (κ2) is 8.70. The van der Waals surface area contributed by atoms with E-state index in [1.165, 1.54) is 27.9 Å². The summed E-state index contributed by atoms with van der Waals surface area (Å²) in [7, 11) is -1.99. The average molecular weight is 463 g/mol. The maximum absolute atomic E-state index is 13.5. The molecule has 0 N–H and O–H groups in total. The van der Waals surface area contributed by atoms with Crippen molar-refractivity contribution in [2.45, 2.75) is 18.7 Å². The molecule has 1 saturated heterocycles. The van der Waals surface area contributed by atoms with Crippen LogP contribution in [0.1, 0.15) is 24.3 Å². The van der Waals surface area contributed by atoms with Gasteiger partial charge in [-0.3, -0.25) is 9.69 Å². The van der Waals surface area contributed by atoms with Crippen molar-refractivity contribution in [2.75, 3.05) is 37.7 Å². The SMILES string of the molecule is CC(C)CN(C(=O)c1cc(S(=O)(=O)N2CCOCC2)cn1C)c1nc2ccccc2s1. The molecule has 0 unspecified atom stereocenters. The number of hydrogen-bond donors (Lipinski definition) is 0. The molecular weight excluding hydrogens is 436 g/mol. The van der Waals surface area contributed by atoms with Gasteiger partial charge in [-0.15, -0.1) is 0 Å². The molecule has 0 atom stereocenters. The predicted octanol–water partition coefficient (Wildman–Crippen LogP) is 2.96. The van der Waals surface area contributed by atoms with E-state index in [-0.39, 0.29) is 16.7 Å². The number of morpholine rings is 1. The van der Waals surface area contributed by atoms with E-state index in [0.29, 0.717) is 43.7 Å². The third-order valence-corrected chi connectivity index (χ3v) is 8.04. The van der Waals surface area contributed by atoms with Crippen molar-refractivity contribution in [1.29, 1.82) is 0 Å². The molecule has 0 aliphatic carbocycles. The molecule has 1 aliphatic rings. The van der Waals surface area contributed by atoms with Crippen LogP contribution in [0.5, 0.6) is 0 Å². The molecule has 1 aliphatic heterocycles. The lowest BCUT2D eigenvalue weighted by Crippen LogP contribution is -2.40. The van der Waals surface area contributed by atoms with Gasteiger partial charge < -0.3 is 9.30 Å². The van der Waals surface area contributed by atoms with Crippen LogP contribution in [0.2, 0.25) is 0 Å². The number of sulfonamides is 1. The summed E-state index contributed by atoms with van der Waals surface area (Å²) in [5.41, 5.74) is 1.15. The van der Waals surface area contributed by atoms with Gasteiger partial charge in [-0.1, -0.05) is 37.3 Å². The molecule has 1 aromatic carbocycles. The van der Waals surface area contributed by atoms with E-state index in [2.05, 4.69) is 4.98 Å². The minimum absolute atomic E-state index is 0.119. The molecule has 1 fully saturated rings. The summed E-state index contributed by atoms with van der Waals surface area (Å²) in [5.74, 6) is -0.0496. The van der Waals surface area contributed by atoms with Crippen molar-refractivity contribution >= 4 is 42.6 Å². The van der Waals surface area contributed by atoms with Crippen molar-refractivity contribution in [2.24, 2.45) is 13.0 Å². The molecule has 4 rings (SSSR count). The van der Waals surface area contributed by atoms with Gasteiger partial charge in [-0.2, -0.15) is 4.31 Å². The summed E-state index contributed by atoms with van der Waals surface area (Å²) >= 11 is 1.46. The van der Waals surface area contributed by atoms with Crippen LogP contribution >= 0.6 is 11.3 Å². The zero-order valence-corrected chi connectivity index (χ0v) is 19.4. The van der Waals surface area contributed by atoms with Crippen LogP contribution in [0.25, 0.3) is 10.2 Å². The van der Waals surface area contributed by atoms with Crippen LogP contribution in [0, 0.1) is 5.92 Å². The van der Waals surface area contributed by atoms with Gasteiger partial charge in [-0.05, 0) is 24.1 Å². The Morgan fingerprint density at radius 3 is 2.65 bits per heavy atom. The number of ether oxygens (including phenoxy) is 1. The Morgan fingerprint density at radius 2 is 1.97 bits per heavy atom. The highest BCUT2D eigenvalue weighted by Gasteiger charge is 2.31. The standard InChI is InChI=1S/C21H26N4O4S2/c1-15(2)13-25(21-22-17-6-4-5-7-19(17)30-21)20(26)18-12-16(14-23(18)3)31(27,28)24-8-10-29-11-9-24/h4-7,12,14-15H,8-11,13H2,1-3H3. The maximum atomic E-state index is 13.5. The molecule has 3 heterocycles. The lowest BCUT2D eigenvalue weighted by molar-refractivity contribution is 0.0730. The summed E-state index contributed by atoms with van der Waals surface area (Å²) in [4.78, 5) is 20.0. The maximum Gasteiger partial charge on any atom is 0.276 e. The zero-order chi connectivity index (χ0) is 22.2. The van der Waals surface area contributed by atoms with E-state index in [9.17, 15) is 13.2 Å². The normalized spacial score (nSPS) is 15.6. The molecular formula is C21H26N4O4S2. The number of benzene rings is 1. The van der Waals surface area contributed by atoms with E-state index in [1.54, 1.807) is 16.5 Å². The van der Waals surface area contributed by atoms with Gasteiger partial charge in [0, 0.05) is 32.9 Å². The van der Waals surface area contributed by atoms with Crippen LogP contribution in [0.15, 0.2) is 41.4 Å². The lowest BCUT2D eigenvalue weighted by atomic mass is 10.2. The van der Waals surface area contributed by atoms with Crippen molar-refractivity contribution in [3.05, 3.63) is 42.2 Å². The molecule has 166 valence electrons. The Hall–Kier alpha value is -2.27. The van der Waals surface area contributed by atoms with Crippen LogP contribution in [-0.2, 0) is 21.8 Å². The highest BCUT2D eigenvalue weighted by atomic mass is 32.2. The number of aryl methyl sites for hydroxylation is 1. The molecule has 2 aromatic heterocycles. The van der Waals surface area contributed by atoms with Gasteiger partial charge in [0.15, 0.2) is 5.13 Å². The average Bonchev–Trinajstić information content (AvgIpc) is 3.36. The molecule has 0 bridgehead atoms. The number of carbonyl (C=O) groups is 1. The number of nitrogens with zero attached hydrogens (tertiary/aromatic N) is 4. The highest BCUT2D eigenvalue weighted by molar-refractivity contribution is 7.89. The number of anilines is 1. The molecule has 10 heteroatoms. The van der Waals surface area contributed by atoms with E-state index < -0.39 is 10.0 Å². The lowest BCUT2D eigenvalue weighted by Gasteiger charge is -2.25. The minimum Gasteiger partial charge on any atom is -0.379 e. The third kappa shape index (κ3) is 4.38. The van der Waals surface area contributed by atoms with Gasteiger partial charge in [0.1, 0.15) is 10.6 Å². The van der Waals surface area contributed by atoms with E-state index in [0.717, 1.165) is 10.2 Å². The zero-order valence-electron chi connectivity index (χ0n) is 17.8. The van der Waals surface area contributed by atoms with Gasteiger partial charge in [0.05, 0.1) is 23.4 Å². The Morgan fingerprint density at radius 1 is 1.26 bits per heavy atom. The molecule has 0 radical (unpaired) electrons. The first-order chi connectivity index (χ1) is 14.8. The van der Waals surface area contributed by atoms with E-state index in [4.69, 9.17) is 4.74 Å². The van der Waals surface area contributed by atoms with Gasteiger partial charge >= 0.3 is 0 Å². The summed E-state index contributed by atoms with van der Waals surface area (Å²) in [6, 6.07) is 9.22. The Balaban J connectivity index is 1.69. The van der Waals surface area contributed by atoms with E-state index in [1.807, 2.05) is 38.1 Å². The summed E-state index contributed by atoms with van der Waals surface area (Å²) < 4.78 is 35.3. The van der Waals surface area contributed by atoms with Crippen molar-refractivity contribution in [3.63, 3.8) is 0 Å². The smallest absolute Gasteiger partial charge is 0.276 e. The van der Waals surface area contributed by atoms with Crippen molar-refractivity contribution in [1.82, 2.24) is 13.9 Å². The molecule has 0 saturated carbocycles. The predicted molar refractivity (Wildman–Crippen MR) is 121 cm³/mol. The molecule has 31 heavy (non-hydrogen) atoms. The van der Waals surface area contributed by atoms with E-state index >= 15 is 0 Å². The molecule has 0 spiro atoms. The number of carbonyl (C=O) groups excluding carboxylic acids is 1. The summed E-state index contributed by atoms with van der Waals surface area (Å²) in [6.07, 6.45) is 1.50. The first-order valence-corrected chi connectivity index (χ1v) is 12.4. The van der Waals surface area contributed by atoms with Crippen molar-refractivity contribution < 1.29 is 17.9 Å². The Bertz CT molecular complexity index is 1160. The second-order valence-corrected chi connectivity index (χ2v) is 10.9. The number of amides is 1. The first kappa shape index (κ1) is 21.9. The topological polar surface area (TPSA) is 84.7 Å². The number of fused-ring (bicyclic) bond motifs is 1. The van der Waals surface area contributed by atoms with Crippen molar-refractivity contribution in [3.8, 4) is 0 Å². The summed E-state index contributed by atoms with van der Waals surface area (Å²) in [5, 5.41) is 0.610. The summed E-state index contributed by atoms with van der Waals surface area (Å²) in [6.45, 7) is 5.92. The van der Waals surface area contributed by atoms with Crippen LogP contribution in [0.4, 0.5) is 5.13 Å². The monoisotopic (exact) mass is 462 g/mol. The number of para-hydroxylation sites is 1. The van der Waals surface area contributed by atoms with Crippen LogP contribution in [0.3, 0.4) is 0 Å². The number of aromatic nitrogens is 2. The molecule has 1 amide bonds. The van der Waals surface area contributed by atoms with Crippen LogP contribution in [-0.4, -0.2) is 61.0 Å². The van der Waals surface area contributed by atoms with Gasteiger partial charge in [-0.25, -0.2) is 13.4 Å². The molecule has 8 nitrogen and oxygen atoms in total. The fraction of sp³-hybridized carbons (Fsp3) is 0.429. The fourth-order valence-electron chi connectivity index (χ4n) is 3.55. The number of rotatable bonds is 6. The number of hydrogen-bond acceptors (Lipinski definition) is 6. The second-order valence-electron chi connectivity index (χ2n) is 7.96. The Kier molecular flexibility index (Phi) is 6.16. The Labute approximate surface area is 186 Å². The van der Waals surface area contributed by atoms with Gasteiger partial charge in [0.25, 0.3) is 5.91 Å². The fourth-order valence-corrected chi connectivity index (χ4v) is 6.00. The third-order valence-electron chi connectivity index (χ3n) is 5.11. The quantitative estimate of drug-likeness (QED) is 0.562. The largest absolute Gasteiger partial charge is 0.379 e. The minimum atomic E-state index is -3.68. The highest BCUT2D eigenvalue weighted by Crippen LogP contribution is 2.31.